The number of hydrogen-bond donors (Lipinski definition) is 2. The Bertz CT molecular complexity index is 557. The van der Waals surface area contributed by atoms with Crippen LogP contribution in [-0.4, -0.2) is 53.2 Å². The van der Waals surface area contributed by atoms with Crippen LogP contribution in [0.4, 0.5) is 10.6 Å². The van der Waals surface area contributed by atoms with Crippen LogP contribution in [0.5, 0.6) is 0 Å². The van der Waals surface area contributed by atoms with E-state index >= 15 is 0 Å². The summed E-state index contributed by atoms with van der Waals surface area (Å²) in [6, 6.07) is 3.70. The molecule has 0 aromatic carbocycles. The first-order valence-electron chi connectivity index (χ1n) is 8.50. The van der Waals surface area contributed by atoms with Crippen molar-refractivity contribution in [2.24, 2.45) is 5.92 Å². The second kappa shape index (κ2) is 8.52. The smallest absolute Gasteiger partial charge is 0.317 e. The van der Waals surface area contributed by atoms with Crippen LogP contribution >= 0.6 is 0 Å². The summed E-state index contributed by atoms with van der Waals surface area (Å²) in [6.07, 6.45) is 3.13. The van der Waals surface area contributed by atoms with Crippen molar-refractivity contribution < 1.29 is 14.7 Å². The van der Waals surface area contributed by atoms with E-state index < -0.39 is 11.9 Å². The number of aromatic nitrogens is 1. The Labute approximate surface area is 142 Å². The van der Waals surface area contributed by atoms with E-state index in [1.54, 1.807) is 11.1 Å². The molecule has 1 aromatic rings. The molecule has 0 radical (unpaired) electrons. The van der Waals surface area contributed by atoms with Crippen molar-refractivity contribution >= 4 is 17.8 Å². The maximum Gasteiger partial charge on any atom is 0.317 e. The van der Waals surface area contributed by atoms with Gasteiger partial charge in [-0.25, -0.2) is 9.78 Å². The van der Waals surface area contributed by atoms with Crippen LogP contribution in [0.15, 0.2) is 18.3 Å². The molecule has 1 saturated heterocycles. The fourth-order valence-corrected chi connectivity index (χ4v) is 2.91. The third-order valence-electron chi connectivity index (χ3n) is 4.40. The third-order valence-corrected chi connectivity index (χ3v) is 4.40. The summed E-state index contributed by atoms with van der Waals surface area (Å²) in [4.78, 5) is 31.4. The Morgan fingerprint density at radius 1 is 1.38 bits per heavy atom. The minimum Gasteiger partial charge on any atom is -0.481 e. The number of amides is 2. The van der Waals surface area contributed by atoms with Gasteiger partial charge >= 0.3 is 12.0 Å². The average molecular weight is 334 g/mol. The number of carbonyl (C=O) groups excluding carboxylic acids is 1. The van der Waals surface area contributed by atoms with E-state index in [2.05, 4.69) is 29.0 Å². The van der Waals surface area contributed by atoms with Gasteiger partial charge in [-0.2, -0.15) is 0 Å². The summed E-state index contributed by atoms with van der Waals surface area (Å²) >= 11 is 0. The molecule has 1 unspecified atom stereocenters. The normalized spacial score (nSPS) is 17.4. The molecular weight excluding hydrogens is 308 g/mol. The topological polar surface area (TPSA) is 85.8 Å². The molecule has 0 spiro atoms. The molecule has 1 aliphatic rings. The van der Waals surface area contributed by atoms with E-state index in [9.17, 15) is 9.59 Å². The van der Waals surface area contributed by atoms with E-state index in [1.165, 1.54) is 0 Å². The van der Waals surface area contributed by atoms with Gasteiger partial charge in [0.25, 0.3) is 0 Å². The molecule has 2 rings (SSSR count). The van der Waals surface area contributed by atoms with Crippen molar-refractivity contribution in [3.8, 4) is 0 Å². The van der Waals surface area contributed by atoms with Gasteiger partial charge in [0, 0.05) is 38.9 Å². The molecule has 1 atom stereocenters. The van der Waals surface area contributed by atoms with E-state index in [0.717, 1.165) is 30.9 Å². The van der Waals surface area contributed by atoms with Crippen molar-refractivity contribution in [1.29, 1.82) is 0 Å². The van der Waals surface area contributed by atoms with Gasteiger partial charge < -0.3 is 20.2 Å². The molecule has 2 amide bonds. The zero-order valence-corrected chi connectivity index (χ0v) is 14.4. The fraction of sp³-hybridized carbons (Fsp3) is 0.588. The van der Waals surface area contributed by atoms with Crippen LogP contribution in [0.25, 0.3) is 0 Å². The quantitative estimate of drug-likeness (QED) is 0.830. The number of hydrogen-bond acceptors (Lipinski definition) is 4. The number of aliphatic carboxylic acids is 1. The molecule has 0 bridgehead atoms. The van der Waals surface area contributed by atoms with Crippen molar-refractivity contribution in [1.82, 2.24) is 15.2 Å². The summed E-state index contributed by atoms with van der Waals surface area (Å²) in [5.41, 5.74) is 0.922. The average Bonchev–Trinajstić information content (AvgIpc) is 2.62. The first kappa shape index (κ1) is 18.0. The van der Waals surface area contributed by atoms with Crippen LogP contribution in [0.2, 0.25) is 0 Å². The molecule has 7 nitrogen and oxygen atoms in total. The molecule has 2 N–H and O–H groups in total. The summed E-state index contributed by atoms with van der Waals surface area (Å²) in [5, 5.41) is 11.9. The number of carboxylic acids is 1. The zero-order valence-electron chi connectivity index (χ0n) is 14.4. The second-order valence-corrected chi connectivity index (χ2v) is 5.98. The maximum atomic E-state index is 12.2. The zero-order chi connectivity index (χ0) is 17.5. The molecular formula is C17H26N4O3. The lowest BCUT2D eigenvalue weighted by molar-refractivity contribution is -0.143. The van der Waals surface area contributed by atoms with E-state index in [-0.39, 0.29) is 12.6 Å². The van der Waals surface area contributed by atoms with Gasteiger partial charge in [0.05, 0.1) is 5.92 Å². The van der Waals surface area contributed by atoms with Crippen LogP contribution in [-0.2, 0) is 11.3 Å². The Morgan fingerprint density at radius 2 is 2.12 bits per heavy atom. The lowest BCUT2D eigenvalue weighted by Gasteiger charge is -2.30. The third kappa shape index (κ3) is 4.59. The number of piperidine rings is 1. The molecule has 1 aliphatic heterocycles. The van der Waals surface area contributed by atoms with E-state index in [0.29, 0.717) is 19.5 Å². The molecule has 132 valence electrons. The van der Waals surface area contributed by atoms with Gasteiger partial charge in [0.15, 0.2) is 0 Å². The molecule has 0 aliphatic carbocycles. The Morgan fingerprint density at radius 3 is 2.71 bits per heavy atom. The van der Waals surface area contributed by atoms with Gasteiger partial charge in [0.2, 0.25) is 0 Å². The highest BCUT2D eigenvalue weighted by Gasteiger charge is 2.27. The van der Waals surface area contributed by atoms with Gasteiger partial charge in [-0.3, -0.25) is 4.79 Å². The van der Waals surface area contributed by atoms with Crippen molar-refractivity contribution in [3.05, 3.63) is 23.9 Å². The summed E-state index contributed by atoms with van der Waals surface area (Å²) < 4.78 is 0. The van der Waals surface area contributed by atoms with E-state index in [1.807, 2.05) is 12.1 Å². The number of likely N-dealkylation sites (tertiary alicyclic amines) is 1. The van der Waals surface area contributed by atoms with Crippen molar-refractivity contribution in [3.63, 3.8) is 0 Å². The SMILES string of the molecule is CCN(CC)c1ccc(CNC(=O)N2CCCC(C(=O)O)C2)cn1. The predicted molar refractivity (Wildman–Crippen MR) is 92.0 cm³/mol. The van der Waals surface area contributed by atoms with E-state index in [4.69, 9.17) is 5.11 Å². The highest BCUT2D eigenvalue weighted by molar-refractivity contribution is 5.76. The van der Waals surface area contributed by atoms with Gasteiger partial charge in [-0.1, -0.05) is 6.07 Å². The van der Waals surface area contributed by atoms with Crippen LogP contribution < -0.4 is 10.2 Å². The number of anilines is 1. The van der Waals surface area contributed by atoms with Gasteiger partial charge in [0.1, 0.15) is 5.82 Å². The standard InChI is InChI=1S/C17H26N4O3/c1-3-20(4-2)15-8-7-13(10-18-15)11-19-17(24)21-9-5-6-14(12-21)16(22)23/h7-8,10,14H,3-6,9,11-12H2,1-2H3,(H,19,24)(H,22,23). The lowest BCUT2D eigenvalue weighted by Crippen LogP contribution is -2.46. The van der Waals surface area contributed by atoms with Crippen LogP contribution in [0.1, 0.15) is 32.3 Å². The Balaban J connectivity index is 1.86. The summed E-state index contributed by atoms with van der Waals surface area (Å²) in [7, 11) is 0. The van der Waals surface area contributed by atoms with Gasteiger partial charge in [-0.15, -0.1) is 0 Å². The number of carbonyl (C=O) groups is 2. The Hall–Kier alpha value is -2.31. The number of rotatable bonds is 6. The van der Waals surface area contributed by atoms with Crippen LogP contribution in [0.3, 0.4) is 0 Å². The molecule has 1 fully saturated rings. The molecule has 24 heavy (non-hydrogen) atoms. The number of pyridine rings is 1. The summed E-state index contributed by atoms with van der Waals surface area (Å²) in [5.74, 6) is -0.362. The number of nitrogens with zero attached hydrogens (tertiary/aromatic N) is 3. The molecule has 2 heterocycles. The first-order valence-corrected chi connectivity index (χ1v) is 8.50. The number of carboxylic acid groups (broad SMARTS) is 1. The molecule has 7 heteroatoms. The van der Waals surface area contributed by atoms with Crippen molar-refractivity contribution in [2.75, 3.05) is 31.1 Å². The highest BCUT2D eigenvalue weighted by Crippen LogP contribution is 2.17. The molecule has 1 aromatic heterocycles. The highest BCUT2D eigenvalue weighted by atomic mass is 16.4. The lowest BCUT2D eigenvalue weighted by atomic mass is 9.99. The minimum atomic E-state index is -0.830. The minimum absolute atomic E-state index is 0.214. The Kier molecular flexibility index (Phi) is 6.40. The maximum absolute atomic E-state index is 12.2. The number of nitrogens with one attached hydrogen (secondary N) is 1. The second-order valence-electron chi connectivity index (χ2n) is 5.98. The fourth-order valence-electron chi connectivity index (χ4n) is 2.91. The van der Waals surface area contributed by atoms with Crippen LogP contribution in [0, 0.1) is 5.92 Å². The van der Waals surface area contributed by atoms with Crippen molar-refractivity contribution in [2.45, 2.75) is 33.2 Å². The first-order chi connectivity index (χ1) is 11.5. The monoisotopic (exact) mass is 334 g/mol. The largest absolute Gasteiger partial charge is 0.481 e. The number of urea groups is 1. The van der Waals surface area contributed by atoms with Gasteiger partial charge in [-0.05, 0) is 38.3 Å². The summed E-state index contributed by atoms with van der Waals surface area (Å²) in [6.45, 7) is 7.25. The molecule has 0 saturated carbocycles. The predicted octanol–water partition coefficient (Wildman–Crippen LogP) is 1.93.